The fraction of sp³-hybridized carbons (Fsp3) is 0.667. The average Bonchev–Trinajstić information content (AvgIpc) is 2.33. The minimum absolute atomic E-state index is 0.622. The molecule has 0 saturated carbocycles. The molecule has 0 bridgehead atoms. The fourth-order valence-electron chi connectivity index (χ4n) is 2.74. The summed E-state index contributed by atoms with van der Waals surface area (Å²) in [5.41, 5.74) is 5.68. The number of hydrogen-bond acceptors (Lipinski definition) is 1. The van der Waals surface area contributed by atoms with Crippen LogP contribution in [0, 0.1) is 20.8 Å². The maximum absolute atomic E-state index is 3.68. The maximum atomic E-state index is 3.68. The molecular weight excluding hydrogens is 230 g/mol. The van der Waals surface area contributed by atoms with Crippen LogP contribution in [-0.4, -0.2) is 6.04 Å². The first-order valence-electron chi connectivity index (χ1n) is 7.84. The van der Waals surface area contributed by atoms with Gasteiger partial charge in [0.05, 0.1) is 0 Å². The van der Waals surface area contributed by atoms with Crippen LogP contribution in [0.25, 0.3) is 0 Å². The number of benzene rings is 1. The molecule has 1 heteroatoms. The van der Waals surface area contributed by atoms with Crippen LogP contribution >= 0.6 is 0 Å². The second-order valence-electron chi connectivity index (χ2n) is 6.01. The third kappa shape index (κ3) is 5.78. The molecule has 0 radical (unpaired) electrons. The largest absolute Gasteiger partial charge is 0.310 e. The van der Waals surface area contributed by atoms with Crippen LogP contribution in [0.2, 0.25) is 0 Å². The van der Waals surface area contributed by atoms with Crippen molar-refractivity contribution in [2.45, 2.75) is 79.3 Å². The Labute approximate surface area is 119 Å². The first kappa shape index (κ1) is 16.2. The van der Waals surface area contributed by atoms with E-state index in [0.717, 1.165) is 6.54 Å². The highest BCUT2D eigenvalue weighted by molar-refractivity contribution is 5.37. The topological polar surface area (TPSA) is 12.0 Å². The zero-order chi connectivity index (χ0) is 14.3. The van der Waals surface area contributed by atoms with Crippen LogP contribution in [0.4, 0.5) is 0 Å². The summed E-state index contributed by atoms with van der Waals surface area (Å²) in [5, 5.41) is 3.68. The molecule has 0 amide bonds. The number of nitrogens with one attached hydrogen (secondary N) is 1. The van der Waals surface area contributed by atoms with E-state index in [1.165, 1.54) is 54.4 Å². The Kier molecular flexibility index (Phi) is 7.15. The van der Waals surface area contributed by atoms with E-state index in [9.17, 15) is 0 Å². The lowest BCUT2D eigenvalue weighted by molar-refractivity contribution is 0.481. The van der Waals surface area contributed by atoms with Gasteiger partial charge in [-0.15, -0.1) is 0 Å². The van der Waals surface area contributed by atoms with Crippen molar-refractivity contribution in [1.82, 2.24) is 5.32 Å². The molecule has 0 saturated heterocycles. The fourth-order valence-corrected chi connectivity index (χ4v) is 2.74. The van der Waals surface area contributed by atoms with Gasteiger partial charge in [0.1, 0.15) is 0 Å². The van der Waals surface area contributed by atoms with Crippen molar-refractivity contribution >= 4 is 0 Å². The molecule has 0 aliphatic heterocycles. The van der Waals surface area contributed by atoms with Crippen molar-refractivity contribution in [2.24, 2.45) is 0 Å². The molecule has 0 fully saturated rings. The zero-order valence-electron chi connectivity index (χ0n) is 13.5. The summed E-state index contributed by atoms with van der Waals surface area (Å²) < 4.78 is 0. The van der Waals surface area contributed by atoms with Gasteiger partial charge in [0, 0.05) is 12.6 Å². The van der Waals surface area contributed by atoms with Crippen molar-refractivity contribution in [3.05, 3.63) is 34.4 Å². The number of unbranched alkanes of at least 4 members (excludes halogenated alkanes) is 3. The van der Waals surface area contributed by atoms with Gasteiger partial charge in [0.15, 0.2) is 0 Å². The lowest BCUT2D eigenvalue weighted by Crippen LogP contribution is -2.26. The molecule has 1 unspecified atom stereocenters. The standard InChI is InChI=1S/C18H31N/c1-6-7-8-9-10-17(5)19-13-18-15(3)11-14(2)12-16(18)4/h11-12,17,19H,6-10,13H2,1-5H3. The molecule has 1 aromatic carbocycles. The molecule has 1 aromatic rings. The van der Waals surface area contributed by atoms with Gasteiger partial charge in [-0.3, -0.25) is 0 Å². The summed E-state index contributed by atoms with van der Waals surface area (Å²) in [5.74, 6) is 0. The highest BCUT2D eigenvalue weighted by atomic mass is 14.9. The average molecular weight is 261 g/mol. The highest BCUT2D eigenvalue weighted by Crippen LogP contribution is 2.16. The predicted molar refractivity (Wildman–Crippen MR) is 85.7 cm³/mol. The van der Waals surface area contributed by atoms with Crippen molar-refractivity contribution in [1.29, 1.82) is 0 Å². The van der Waals surface area contributed by atoms with Crippen LogP contribution in [0.1, 0.15) is 68.2 Å². The van der Waals surface area contributed by atoms with Gasteiger partial charge < -0.3 is 5.32 Å². The van der Waals surface area contributed by atoms with Crippen molar-refractivity contribution in [3.8, 4) is 0 Å². The minimum atomic E-state index is 0.622. The summed E-state index contributed by atoms with van der Waals surface area (Å²) in [7, 11) is 0. The van der Waals surface area contributed by atoms with Crippen LogP contribution < -0.4 is 5.32 Å². The quantitative estimate of drug-likeness (QED) is 0.645. The van der Waals surface area contributed by atoms with E-state index in [2.05, 4.69) is 52.1 Å². The molecule has 108 valence electrons. The molecule has 1 N–H and O–H groups in total. The second-order valence-corrected chi connectivity index (χ2v) is 6.01. The Morgan fingerprint density at radius 3 is 2.21 bits per heavy atom. The lowest BCUT2D eigenvalue weighted by atomic mass is 9.99. The molecule has 1 atom stereocenters. The first-order chi connectivity index (χ1) is 9.04. The van der Waals surface area contributed by atoms with Gasteiger partial charge in [-0.05, 0) is 50.8 Å². The SMILES string of the molecule is CCCCCCC(C)NCc1c(C)cc(C)cc1C. The van der Waals surface area contributed by atoms with E-state index >= 15 is 0 Å². The Morgan fingerprint density at radius 1 is 1.00 bits per heavy atom. The number of hydrogen-bond donors (Lipinski definition) is 1. The van der Waals surface area contributed by atoms with E-state index in [1.54, 1.807) is 0 Å². The molecule has 1 nitrogen and oxygen atoms in total. The molecule has 19 heavy (non-hydrogen) atoms. The van der Waals surface area contributed by atoms with Crippen molar-refractivity contribution < 1.29 is 0 Å². The van der Waals surface area contributed by atoms with Crippen LogP contribution in [0.15, 0.2) is 12.1 Å². The highest BCUT2D eigenvalue weighted by Gasteiger charge is 2.06. The van der Waals surface area contributed by atoms with Gasteiger partial charge >= 0.3 is 0 Å². The molecular formula is C18H31N. The molecule has 1 rings (SSSR count). The van der Waals surface area contributed by atoms with Crippen LogP contribution in [0.3, 0.4) is 0 Å². The second kappa shape index (κ2) is 8.37. The summed E-state index contributed by atoms with van der Waals surface area (Å²) in [6.07, 6.45) is 6.73. The minimum Gasteiger partial charge on any atom is -0.310 e. The normalized spacial score (nSPS) is 12.7. The molecule has 0 aromatic heterocycles. The van der Waals surface area contributed by atoms with Gasteiger partial charge in [0.25, 0.3) is 0 Å². The van der Waals surface area contributed by atoms with Gasteiger partial charge in [-0.1, -0.05) is 50.3 Å². The van der Waals surface area contributed by atoms with Gasteiger partial charge in [0.2, 0.25) is 0 Å². The molecule has 0 aliphatic carbocycles. The Morgan fingerprint density at radius 2 is 1.63 bits per heavy atom. The Bertz CT molecular complexity index is 358. The number of aryl methyl sites for hydroxylation is 3. The van der Waals surface area contributed by atoms with E-state index in [-0.39, 0.29) is 0 Å². The zero-order valence-corrected chi connectivity index (χ0v) is 13.5. The molecule has 0 heterocycles. The smallest absolute Gasteiger partial charge is 0.0213 e. The van der Waals surface area contributed by atoms with Crippen LogP contribution in [-0.2, 0) is 6.54 Å². The van der Waals surface area contributed by atoms with E-state index in [4.69, 9.17) is 0 Å². The Hall–Kier alpha value is -0.820. The predicted octanol–water partition coefficient (Wildman–Crippen LogP) is 5.06. The molecule has 0 aliphatic rings. The third-order valence-electron chi connectivity index (χ3n) is 3.96. The van der Waals surface area contributed by atoms with E-state index in [0.29, 0.717) is 6.04 Å². The lowest BCUT2D eigenvalue weighted by Gasteiger charge is -2.17. The van der Waals surface area contributed by atoms with Gasteiger partial charge in [-0.25, -0.2) is 0 Å². The van der Waals surface area contributed by atoms with Crippen molar-refractivity contribution in [3.63, 3.8) is 0 Å². The third-order valence-corrected chi connectivity index (χ3v) is 3.96. The summed E-state index contributed by atoms with van der Waals surface area (Å²) >= 11 is 0. The monoisotopic (exact) mass is 261 g/mol. The number of rotatable bonds is 8. The van der Waals surface area contributed by atoms with Crippen LogP contribution in [0.5, 0.6) is 0 Å². The van der Waals surface area contributed by atoms with E-state index < -0.39 is 0 Å². The summed E-state index contributed by atoms with van der Waals surface area (Å²) in [4.78, 5) is 0. The first-order valence-corrected chi connectivity index (χ1v) is 7.84. The maximum Gasteiger partial charge on any atom is 0.0213 e. The van der Waals surface area contributed by atoms with Gasteiger partial charge in [-0.2, -0.15) is 0 Å². The van der Waals surface area contributed by atoms with Crippen molar-refractivity contribution in [2.75, 3.05) is 0 Å². The summed E-state index contributed by atoms with van der Waals surface area (Å²) in [6.45, 7) is 12.2. The molecule has 0 spiro atoms. The Balaban J connectivity index is 2.40. The summed E-state index contributed by atoms with van der Waals surface area (Å²) in [6, 6.07) is 5.20. The van der Waals surface area contributed by atoms with E-state index in [1.807, 2.05) is 0 Å².